The van der Waals surface area contributed by atoms with Crippen LogP contribution in [0.3, 0.4) is 0 Å². The number of carbonyl (C=O) groups excluding carboxylic acids is 2. The zero-order valence-electron chi connectivity index (χ0n) is 15.5. The topological polar surface area (TPSA) is 115 Å². The van der Waals surface area contributed by atoms with Crippen molar-refractivity contribution in [2.24, 2.45) is 0 Å². The normalized spacial score (nSPS) is 12.4. The lowest BCUT2D eigenvalue weighted by Crippen LogP contribution is -2.40. The van der Waals surface area contributed by atoms with Crippen LogP contribution < -0.4 is 9.46 Å². The monoisotopic (exact) mass is 394 g/mol. The number of hydrogen-bond donors (Lipinski definition) is 2. The van der Waals surface area contributed by atoms with E-state index in [1.54, 1.807) is 13.0 Å². The highest BCUT2D eigenvalue weighted by Crippen LogP contribution is 2.16. The maximum Gasteiger partial charge on any atom is 0.324 e. The third-order valence-electron chi connectivity index (χ3n) is 3.85. The number of rotatable bonds is 8. The molecule has 27 heavy (non-hydrogen) atoms. The fourth-order valence-corrected chi connectivity index (χ4v) is 3.65. The van der Waals surface area contributed by atoms with Gasteiger partial charge >= 0.3 is 5.97 Å². The van der Waals surface area contributed by atoms with Gasteiger partial charge in [-0.15, -0.1) is 0 Å². The number of nitrogens with one attached hydrogen (secondary N) is 2. The van der Waals surface area contributed by atoms with Crippen LogP contribution in [0, 0.1) is 13.8 Å². The number of esters is 1. The van der Waals surface area contributed by atoms with Crippen LogP contribution in [0.4, 0.5) is 0 Å². The average molecular weight is 394 g/mol. The summed E-state index contributed by atoms with van der Waals surface area (Å²) in [7, 11) is -2.45. The highest BCUT2D eigenvalue weighted by molar-refractivity contribution is 7.89. The van der Waals surface area contributed by atoms with Crippen LogP contribution in [0.1, 0.15) is 28.7 Å². The Balaban J connectivity index is 1.96. The lowest BCUT2D eigenvalue weighted by Gasteiger charge is -2.13. The predicted molar refractivity (Wildman–Crippen MR) is 98.3 cm³/mol. The van der Waals surface area contributed by atoms with Gasteiger partial charge in [0.1, 0.15) is 11.8 Å². The van der Waals surface area contributed by atoms with E-state index >= 15 is 0 Å². The molecule has 1 heterocycles. The number of aromatic nitrogens is 1. The van der Waals surface area contributed by atoms with E-state index in [4.69, 9.17) is 9.47 Å². The van der Waals surface area contributed by atoms with Crippen molar-refractivity contribution in [1.29, 1.82) is 0 Å². The highest BCUT2D eigenvalue weighted by Gasteiger charge is 2.24. The van der Waals surface area contributed by atoms with Gasteiger partial charge in [-0.2, -0.15) is 4.72 Å². The molecule has 0 saturated heterocycles. The van der Waals surface area contributed by atoms with Gasteiger partial charge < -0.3 is 14.5 Å². The van der Waals surface area contributed by atoms with E-state index in [2.05, 4.69) is 9.71 Å². The summed E-state index contributed by atoms with van der Waals surface area (Å²) in [5.74, 6) is -0.698. The van der Waals surface area contributed by atoms with E-state index in [9.17, 15) is 18.0 Å². The van der Waals surface area contributed by atoms with Crippen molar-refractivity contribution in [2.75, 3.05) is 13.7 Å². The van der Waals surface area contributed by atoms with Gasteiger partial charge in [0.2, 0.25) is 15.8 Å². The fraction of sp³-hybridized carbons (Fsp3) is 0.333. The van der Waals surface area contributed by atoms with Crippen LogP contribution in [-0.2, 0) is 19.6 Å². The number of ketones is 1. The van der Waals surface area contributed by atoms with Crippen LogP contribution in [0.15, 0.2) is 35.2 Å². The van der Waals surface area contributed by atoms with E-state index in [1.165, 1.54) is 38.3 Å². The minimum atomic E-state index is -3.92. The number of carbonyl (C=O) groups is 2. The number of sulfonamides is 1. The SMILES string of the molecule is COc1ccc(S(=O)(=O)N[C@@H](C)C(=O)OCC(=O)c2cc(C)[nH]c2C)cc1. The number of aryl methyl sites for hydroxylation is 2. The van der Waals surface area contributed by atoms with Gasteiger partial charge in [0.25, 0.3) is 0 Å². The Bertz CT molecular complexity index is 931. The van der Waals surface area contributed by atoms with E-state index < -0.39 is 28.6 Å². The molecule has 1 aromatic carbocycles. The molecule has 0 spiro atoms. The Hall–Kier alpha value is -2.65. The summed E-state index contributed by atoms with van der Waals surface area (Å²) in [4.78, 5) is 27.2. The van der Waals surface area contributed by atoms with Crippen LogP contribution in [0.5, 0.6) is 5.75 Å². The molecule has 1 atom stereocenters. The van der Waals surface area contributed by atoms with E-state index in [-0.39, 0.29) is 10.7 Å². The molecule has 0 aliphatic rings. The maximum absolute atomic E-state index is 12.3. The van der Waals surface area contributed by atoms with Crippen molar-refractivity contribution in [3.63, 3.8) is 0 Å². The van der Waals surface area contributed by atoms with E-state index in [1.807, 2.05) is 6.92 Å². The summed E-state index contributed by atoms with van der Waals surface area (Å²) in [5.41, 5.74) is 1.94. The van der Waals surface area contributed by atoms with Gasteiger partial charge in [-0.05, 0) is 51.1 Å². The number of ether oxygens (including phenoxy) is 2. The van der Waals surface area contributed by atoms with Crippen molar-refractivity contribution < 1.29 is 27.5 Å². The lowest BCUT2D eigenvalue weighted by atomic mass is 10.1. The third kappa shape index (κ3) is 5.18. The number of methoxy groups -OCH3 is 1. The van der Waals surface area contributed by atoms with Gasteiger partial charge in [0.15, 0.2) is 6.61 Å². The number of aromatic amines is 1. The Morgan fingerprint density at radius 1 is 1.19 bits per heavy atom. The summed E-state index contributed by atoms with van der Waals surface area (Å²) in [5, 5.41) is 0. The summed E-state index contributed by atoms with van der Waals surface area (Å²) < 4.78 is 36.8. The maximum atomic E-state index is 12.3. The Labute approximate surface area is 157 Å². The molecule has 0 radical (unpaired) electrons. The molecule has 9 heteroatoms. The second-order valence-electron chi connectivity index (χ2n) is 6.04. The lowest BCUT2D eigenvalue weighted by molar-refractivity contribution is -0.144. The van der Waals surface area contributed by atoms with Gasteiger partial charge in [0.05, 0.1) is 12.0 Å². The first-order valence-corrected chi connectivity index (χ1v) is 9.65. The summed E-state index contributed by atoms with van der Waals surface area (Å²) >= 11 is 0. The molecule has 8 nitrogen and oxygen atoms in total. The molecule has 0 bridgehead atoms. The zero-order chi connectivity index (χ0) is 20.2. The van der Waals surface area contributed by atoms with Crippen LogP contribution in [-0.4, -0.2) is 44.9 Å². The largest absolute Gasteiger partial charge is 0.497 e. The standard InChI is InChI=1S/C18H22N2O6S/c1-11-9-16(12(2)19-11)17(21)10-26-18(22)13(3)20-27(23,24)15-7-5-14(25-4)6-8-15/h5-9,13,19-20H,10H2,1-4H3/t13-/m0/s1. The van der Waals surface area contributed by atoms with Gasteiger partial charge in [-0.3, -0.25) is 9.59 Å². The Morgan fingerprint density at radius 2 is 1.81 bits per heavy atom. The molecule has 0 amide bonds. The minimum absolute atomic E-state index is 0.0163. The first kappa shape index (κ1) is 20.7. The number of H-pyrrole nitrogens is 1. The molecule has 2 aromatic rings. The van der Waals surface area contributed by atoms with Crippen molar-refractivity contribution in [3.05, 3.63) is 47.3 Å². The second-order valence-corrected chi connectivity index (χ2v) is 7.75. The average Bonchev–Trinajstić information content (AvgIpc) is 2.97. The fourth-order valence-electron chi connectivity index (χ4n) is 2.46. The zero-order valence-corrected chi connectivity index (χ0v) is 16.3. The summed E-state index contributed by atoms with van der Waals surface area (Å²) in [6.07, 6.45) is 0. The van der Waals surface area contributed by atoms with Gasteiger partial charge in [-0.1, -0.05) is 0 Å². The molecule has 0 saturated carbocycles. The molecule has 0 unspecified atom stereocenters. The summed E-state index contributed by atoms with van der Waals surface area (Å²) in [6, 6.07) is 6.23. The van der Waals surface area contributed by atoms with Crippen molar-refractivity contribution >= 4 is 21.8 Å². The second kappa shape index (κ2) is 8.36. The molecule has 146 valence electrons. The Morgan fingerprint density at radius 3 is 2.33 bits per heavy atom. The van der Waals surface area contributed by atoms with Crippen LogP contribution >= 0.6 is 0 Å². The van der Waals surface area contributed by atoms with Gasteiger partial charge in [-0.25, -0.2) is 8.42 Å². The molecule has 2 rings (SSSR count). The molecule has 0 aliphatic carbocycles. The highest BCUT2D eigenvalue weighted by atomic mass is 32.2. The molecule has 0 fully saturated rings. The molecule has 0 aliphatic heterocycles. The molecular weight excluding hydrogens is 372 g/mol. The summed E-state index contributed by atoms with van der Waals surface area (Å²) in [6.45, 7) is 4.44. The Kier molecular flexibility index (Phi) is 6.40. The van der Waals surface area contributed by atoms with E-state index in [0.29, 0.717) is 17.0 Å². The first-order chi connectivity index (χ1) is 12.6. The smallest absolute Gasteiger partial charge is 0.324 e. The number of benzene rings is 1. The molecule has 2 N–H and O–H groups in total. The van der Waals surface area contributed by atoms with Crippen molar-refractivity contribution in [3.8, 4) is 5.75 Å². The number of Topliss-reactive ketones (excluding diaryl/α,β-unsaturated/α-hetero) is 1. The molecular formula is C18H22N2O6S. The van der Waals surface area contributed by atoms with Crippen molar-refractivity contribution in [1.82, 2.24) is 9.71 Å². The first-order valence-electron chi connectivity index (χ1n) is 8.16. The predicted octanol–water partition coefficient (Wildman–Crippen LogP) is 1.73. The van der Waals surface area contributed by atoms with Crippen molar-refractivity contribution in [2.45, 2.75) is 31.7 Å². The molecule has 1 aromatic heterocycles. The van der Waals surface area contributed by atoms with Crippen LogP contribution in [0.2, 0.25) is 0 Å². The minimum Gasteiger partial charge on any atom is -0.497 e. The van der Waals surface area contributed by atoms with E-state index in [0.717, 1.165) is 5.69 Å². The quantitative estimate of drug-likeness (QED) is 0.521. The third-order valence-corrected chi connectivity index (χ3v) is 5.41. The number of hydrogen-bond acceptors (Lipinski definition) is 6. The van der Waals surface area contributed by atoms with Gasteiger partial charge in [0, 0.05) is 17.0 Å². The van der Waals surface area contributed by atoms with Crippen LogP contribution in [0.25, 0.3) is 0 Å².